The lowest BCUT2D eigenvalue weighted by Gasteiger charge is -2.73. The minimum Gasteiger partial charge on any atom is -0.481 e. The molecule has 3 unspecified atom stereocenters. The number of hydrogen-bond acceptors (Lipinski definition) is 5. The summed E-state index contributed by atoms with van der Waals surface area (Å²) in [5.74, 6) is 1.18. The summed E-state index contributed by atoms with van der Waals surface area (Å²) in [4.78, 5) is 37.8. The molecule has 0 spiro atoms. The molecular formula is C44H64O6. The van der Waals surface area contributed by atoms with Crippen LogP contribution in [0.4, 0.5) is 0 Å². The molecule has 10 atom stereocenters. The molecule has 0 amide bonds. The predicted molar refractivity (Wildman–Crippen MR) is 196 cm³/mol. The number of aliphatic carboxylic acids is 1. The zero-order valence-corrected chi connectivity index (χ0v) is 32.2. The Balaban J connectivity index is 1.23. The van der Waals surface area contributed by atoms with Gasteiger partial charge in [0.2, 0.25) is 0 Å². The van der Waals surface area contributed by atoms with Crippen LogP contribution < -0.4 is 0 Å². The first-order valence-electron chi connectivity index (χ1n) is 19.6. The monoisotopic (exact) mass is 688 g/mol. The summed E-state index contributed by atoms with van der Waals surface area (Å²) in [6, 6.07) is 9.43. The fourth-order valence-corrected chi connectivity index (χ4v) is 13.7. The Morgan fingerprint density at radius 2 is 1.54 bits per heavy atom. The highest BCUT2D eigenvalue weighted by atomic mass is 16.5. The second kappa shape index (κ2) is 12.8. The highest BCUT2D eigenvalue weighted by Gasteiger charge is 2.71. The second-order valence-electron chi connectivity index (χ2n) is 19.7. The fraction of sp³-hybridized carbons (Fsp3) is 0.750. The van der Waals surface area contributed by atoms with Gasteiger partial charge in [-0.25, -0.2) is 4.79 Å². The standard InChI is InChI=1S/C44H64O6/c1-28(2)30-17-22-44(27-49-38(48)29-13-11-10-12-14-29)24-23-42(8)31(37(30)44)15-16-33-41(7)20-19-34(40(5,6)32(41)18-21-43(33,42)9)50-36(47)26-39(3,4)25-35(45)46/h10-14,30-34,37H,1,15-27H2,2-9H3,(H,45,46)/t30-,31+,32?,33?,34-,37?,41-,42+,43+,44+/m0/s1. The van der Waals surface area contributed by atoms with Crippen molar-refractivity contribution in [3.05, 3.63) is 48.0 Å². The van der Waals surface area contributed by atoms with E-state index >= 15 is 0 Å². The van der Waals surface area contributed by atoms with Crippen molar-refractivity contribution in [2.24, 2.45) is 62.1 Å². The summed E-state index contributed by atoms with van der Waals surface area (Å²) in [7, 11) is 0. The molecule has 1 aromatic rings. The molecule has 5 saturated carbocycles. The Bertz CT molecular complexity index is 1490. The first kappa shape index (κ1) is 37.1. The molecule has 1 N–H and O–H groups in total. The average molecular weight is 689 g/mol. The largest absolute Gasteiger partial charge is 0.481 e. The Hall–Kier alpha value is -2.63. The lowest BCUT2D eigenvalue weighted by atomic mass is 9.32. The normalized spacial score (nSPS) is 40.3. The van der Waals surface area contributed by atoms with Crippen molar-refractivity contribution in [2.45, 2.75) is 139 Å². The molecule has 0 saturated heterocycles. The lowest BCUT2D eigenvalue weighted by molar-refractivity contribution is -0.251. The molecule has 0 bridgehead atoms. The maximum absolute atomic E-state index is 13.2. The molecule has 0 radical (unpaired) electrons. The van der Waals surface area contributed by atoms with E-state index < -0.39 is 11.4 Å². The smallest absolute Gasteiger partial charge is 0.338 e. The molecule has 6 heteroatoms. The van der Waals surface area contributed by atoms with Crippen molar-refractivity contribution >= 4 is 17.9 Å². The number of ether oxygens (including phenoxy) is 2. The molecular weight excluding hydrogens is 624 g/mol. The number of carboxylic acid groups (broad SMARTS) is 1. The number of rotatable bonds is 9. The molecule has 1 aromatic carbocycles. The molecule has 276 valence electrons. The first-order chi connectivity index (χ1) is 23.3. The minimum absolute atomic E-state index is 0.00545. The number of hydrogen-bond donors (Lipinski definition) is 1. The van der Waals surface area contributed by atoms with E-state index in [1.54, 1.807) is 0 Å². The molecule has 50 heavy (non-hydrogen) atoms. The third-order valence-electron chi connectivity index (χ3n) is 16.2. The summed E-state index contributed by atoms with van der Waals surface area (Å²) in [6.07, 6.45) is 11.1. The maximum Gasteiger partial charge on any atom is 0.338 e. The van der Waals surface area contributed by atoms with Crippen LogP contribution in [-0.2, 0) is 19.1 Å². The molecule has 6 rings (SSSR count). The number of benzene rings is 1. The van der Waals surface area contributed by atoms with Crippen LogP contribution >= 0.6 is 0 Å². The van der Waals surface area contributed by atoms with Gasteiger partial charge in [0.25, 0.3) is 0 Å². The van der Waals surface area contributed by atoms with Crippen LogP contribution in [0.1, 0.15) is 143 Å². The molecule has 0 heterocycles. The van der Waals surface area contributed by atoms with Crippen molar-refractivity contribution in [3.8, 4) is 0 Å². The van der Waals surface area contributed by atoms with Gasteiger partial charge in [-0.3, -0.25) is 9.59 Å². The van der Waals surface area contributed by atoms with Crippen LogP contribution in [-0.4, -0.2) is 35.7 Å². The summed E-state index contributed by atoms with van der Waals surface area (Å²) < 4.78 is 12.5. The Kier molecular flexibility index (Phi) is 9.50. The van der Waals surface area contributed by atoms with Crippen LogP contribution in [0.3, 0.4) is 0 Å². The van der Waals surface area contributed by atoms with Gasteiger partial charge in [0.15, 0.2) is 0 Å². The summed E-state index contributed by atoms with van der Waals surface area (Å²) in [5.41, 5.74) is 1.65. The van der Waals surface area contributed by atoms with E-state index in [0.717, 1.165) is 38.5 Å². The molecule has 0 aromatic heterocycles. The zero-order valence-electron chi connectivity index (χ0n) is 32.2. The van der Waals surface area contributed by atoms with Gasteiger partial charge in [0.05, 0.1) is 25.0 Å². The Morgan fingerprint density at radius 3 is 2.20 bits per heavy atom. The van der Waals surface area contributed by atoms with E-state index in [4.69, 9.17) is 9.47 Å². The zero-order chi connectivity index (χ0) is 36.5. The van der Waals surface area contributed by atoms with Crippen molar-refractivity contribution in [3.63, 3.8) is 0 Å². The minimum atomic E-state index is -0.886. The molecule has 5 aliphatic carbocycles. The summed E-state index contributed by atoms with van der Waals surface area (Å²) in [6.45, 7) is 23.4. The fourth-order valence-electron chi connectivity index (χ4n) is 13.7. The van der Waals surface area contributed by atoms with Crippen LogP contribution in [0.25, 0.3) is 0 Å². The molecule has 6 nitrogen and oxygen atoms in total. The highest BCUT2D eigenvalue weighted by molar-refractivity contribution is 5.89. The quantitative estimate of drug-likeness (QED) is 0.205. The number of allylic oxidation sites excluding steroid dienone is 1. The number of fused-ring (bicyclic) bond motifs is 7. The van der Waals surface area contributed by atoms with Gasteiger partial charge in [-0.1, -0.05) is 78.8 Å². The molecule has 0 aliphatic heterocycles. The lowest BCUT2D eigenvalue weighted by Crippen LogP contribution is -2.67. The van der Waals surface area contributed by atoms with Gasteiger partial charge in [0, 0.05) is 10.8 Å². The third kappa shape index (κ3) is 5.96. The van der Waals surface area contributed by atoms with E-state index in [1.165, 1.54) is 31.3 Å². The summed E-state index contributed by atoms with van der Waals surface area (Å²) >= 11 is 0. The van der Waals surface area contributed by atoms with E-state index in [0.29, 0.717) is 41.8 Å². The summed E-state index contributed by atoms with van der Waals surface area (Å²) in [5, 5.41) is 9.33. The molecule has 5 fully saturated rings. The van der Waals surface area contributed by atoms with E-state index in [-0.39, 0.29) is 58.0 Å². The van der Waals surface area contributed by atoms with Crippen molar-refractivity contribution < 1.29 is 29.0 Å². The molecule has 5 aliphatic rings. The van der Waals surface area contributed by atoms with Gasteiger partial charge in [-0.2, -0.15) is 0 Å². The maximum atomic E-state index is 13.2. The van der Waals surface area contributed by atoms with Gasteiger partial charge in [-0.05, 0) is 135 Å². The third-order valence-corrected chi connectivity index (χ3v) is 16.2. The number of carbonyl (C=O) groups is 3. The van der Waals surface area contributed by atoms with Crippen molar-refractivity contribution in [1.29, 1.82) is 0 Å². The van der Waals surface area contributed by atoms with Gasteiger partial charge >= 0.3 is 17.9 Å². The van der Waals surface area contributed by atoms with E-state index in [1.807, 2.05) is 44.2 Å². The Labute approximate surface area is 301 Å². The predicted octanol–water partition coefficient (Wildman–Crippen LogP) is 10.3. The highest BCUT2D eigenvalue weighted by Crippen LogP contribution is 2.77. The van der Waals surface area contributed by atoms with Crippen molar-refractivity contribution in [1.82, 2.24) is 0 Å². The van der Waals surface area contributed by atoms with Crippen LogP contribution in [0.15, 0.2) is 42.5 Å². The van der Waals surface area contributed by atoms with Gasteiger partial charge in [0.1, 0.15) is 6.10 Å². The van der Waals surface area contributed by atoms with Crippen LogP contribution in [0.2, 0.25) is 0 Å². The van der Waals surface area contributed by atoms with E-state index in [2.05, 4.69) is 48.1 Å². The van der Waals surface area contributed by atoms with E-state index in [9.17, 15) is 19.5 Å². The first-order valence-corrected chi connectivity index (χ1v) is 19.6. The van der Waals surface area contributed by atoms with Gasteiger partial charge < -0.3 is 14.6 Å². The topological polar surface area (TPSA) is 89.9 Å². The van der Waals surface area contributed by atoms with Crippen LogP contribution in [0, 0.1) is 62.1 Å². The Morgan fingerprint density at radius 1 is 0.840 bits per heavy atom. The van der Waals surface area contributed by atoms with Gasteiger partial charge in [-0.15, -0.1) is 0 Å². The average Bonchev–Trinajstić information content (AvgIpc) is 3.41. The SMILES string of the molecule is C=C(C)[C@@H]1CC[C@]2(COC(=O)c3ccccc3)CC[C@]3(C)[C@H](CCC4[C@@]5(C)CC[C@H](OC(=O)CC(C)(C)CC(=O)O)C(C)(C)C5CC[C@]43C)C12. The number of carboxylic acids is 1. The van der Waals surface area contributed by atoms with Crippen LogP contribution in [0.5, 0.6) is 0 Å². The number of carbonyl (C=O) groups excluding carboxylic acids is 2. The number of esters is 2. The second-order valence-corrected chi connectivity index (χ2v) is 19.7. The van der Waals surface area contributed by atoms with Crippen molar-refractivity contribution in [2.75, 3.05) is 6.61 Å².